The van der Waals surface area contributed by atoms with E-state index in [0.29, 0.717) is 41.0 Å². The van der Waals surface area contributed by atoms with Crippen LogP contribution in [0.4, 0.5) is 21.1 Å². The van der Waals surface area contributed by atoms with Gasteiger partial charge in [-0.05, 0) is 49.2 Å². The first-order valence-electron chi connectivity index (χ1n) is 12.0. The van der Waals surface area contributed by atoms with Crippen molar-refractivity contribution in [2.45, 2.75) is 39.0 Å². The standard InChI is InChI=1S/C25H29ClN6O5S/c1-25(2,3)21-16-22(28-23(33)27-18-11-9-17(26)10-12-18)32(29-21)19-7-6-8-20(15-19)37-38(35,36)30-24(34)31-13-4-5-14-31/h6-12,15-16H,4-5,13-14H2,1-3H3,(H,30,34)(H2,27,28,33). The first-order valence-corrected chi connectivity index (χ1v) is 13.7. The summed E-state index contributed by atoms with van der Waals surface area (Å²) in [7, 11) is -4.42. The average Bonchev–Trinajstić information content (AvgIpc) is 3.50. The zero-order chi connectivity index (χ0) is 27.5. The normalized spacial score (nSPS) is 13.7. The van der Waals surface area contributed by atoms with E-state index in [0.717, 1.165) is 12.8 Å². The summed E-state index contributed by atoms with van der Waals surface area (Å²) in [6.07, 6.45) is 1.65. The van der Waals surface area contributed by atoms with Gasteiger partial charge in [0.05, 0.1) is 11.4 Å². The van der Waals surface area contributed by atoms with Crippen molar-refractivity contribution in [1.29, 1.82) is 0 Å². The van der Waals surface area contributed by atoms with E-state index < -0.39 is 22.4 Å². The Balaban J connectivity index is 1.56. The van der Waals surface area contributed by atoms with Gasteiger partial charge in [0, 0.05) is 41.3 Å². The van der Waals surface area contributed by atoms with Crippen molar-refractivity contribution >= 4 is 45.5 Å². The molecule has 1 fully saturated rings. The van der Waals surface area contributed by atoms with E-state index >= 15 is 0 Å². The molecular weight excluding hydrogens is 532 g/mol. The van der Waals surface area contributed by atoms with E-state index in [1.54, 1.807) is 42.5 Å². The summed E-state index contributed by atoms with van der Waals surface area (Å²) in [5.41, 5.74) is 1.33. The Morgan fingerprint density at radius 1 is 1.00 bits per heavy atom. The second-order valence-corrected chi connectivity index (χ2v) is 11.5. The summed E-state index contributed by atoms with van der Waals surface area (Å²) in [5.74, 6) is 0.317. The Hall–Kier alpha value is -3.77. The molecule has 0 saturated carbocycles. The summed E-state index contributed by atoms with van der Waals surface area (Å²) in [5, 5.41) is 10.7. The van der Waals surface area contributed by atoms with Crippen LogP contribution < -0.4 is 19.5 Å². The van der Waals surface area contributed by atoms with Gasteiger partial charge in [-0.3, -0.25) is 5.32 Å². The number of carbonyl (C=O) groups is 2. The van der Waals surface area contributed by atoms with Gasteiger partial charge in [0.15, 0.2) is 0 Å². The molecule has 2 heterocycles. The lowest BCUT2D eigenvalue weighted by Gasteiger charge is -2.16. The number of anilines is 2. The molecule has 1 aliphatic heterocycles. The van der Waals surface area contributed by atoms with Gasteiger partial charge in [-0.2, -0.15) is 13.5 Å². The molecule has 3 aromatic rings. The molecule has 0 atom stereocenters. The van der Waals surface area contributed by atoms with Gasteiger partial charge in [-0.25, -0.2) is 19.0 Å². The number of carbonyl (C=O) groups excluding carboxylic acids is 2. The van der Waals surface area contributed by atoms with Crippen LogP contribution in [0.3, 0.4) is 0 Å². The minimum atomic E-state index is -4.42. The first-order chi connectivity index (χ1) is 17.9. The number of amides is 4. The highest BCUT2D eigenvalue weighted by Gasteiger charge is 2.25. The molecule has 3 N–H and O–H groups in total. The van der Waals surface area contributed by atoms with E-state index in [1.807, 2.05) is 25.5 Å². The second kappa shape index (κ2) is 10.9. The van der Waals surface area contributed by atoms with Crippen LogP contribution >= 0.6 is 11.6 Å². The van der Waals surface area contributed by atoms with Gasteiger partial charge in [0.1, 0.15) is 11.6 Å². The number of benzene rings is 2. The van der Waals surface area contributed by atoms with Crippen LogP contribution in [0.5, 0.6) is 5.75 Å². The molecule has 0 unspecified atom stereocenters. The van der Waals surface area contributed by atoms with Gasteiger partial charge in [0.2, 0.25) is 0 Å². The van der Waals surface area contributed by atoms with E-state index in [4.69, 9.17) is 15.8 Å². The second-order valence-electron chi connectivity index (χ2n) is 9.80. The zero-order valence-corrected chi connectivity index (χ0v) is 22.8. The van der Waals surface area contributed by atoms with Crippen LogP contribution in [0.25, 0.3) is 5.69 Å². The number of hydrogen-bond acceptors (Lipinski definition) is 6. The number of likely N-dealkylation sites (tertiary alicyclic amines) is 1. The SMILES string of the molecule is CC(C)(C)c1cc(NC(=O)Nc2ccc(Cl)cc2)n(-c2cccc(OS(=O)(=O)NC(=O)N3CCCC3)c2)n1. The molecule has 0 spiro atoms. The van der Waals surface area contributed by atoms with Crippen molar-refractivity contribution in [2.75, 3.05) is 23.7 Å². The maximum atomic E-state index is 12.7. The van der Waals surface area contributed by atoms with Crippen LogP contribution in [0, 0.1) is 0 Å². The first kappa shape index (κ1) is 27.3. The maximum Gasteiger partial charge on any atom is 0.411 e. The Bertz CT molecular complexity index is 1430. The molecule has 11 nitrogen and oxygen atoms in total. The van der Waals surface area contributed by atoms with Crippen molar-refractivity contribution in [3.63, 3.8) is 0 Å². The summed E-state index contributed by atoms with van der Waals surface area (Å²) in [6.45, 7) is 6.92. The fourth-order valence-corrected chi connectivity index (χ4v) is 4.62. The van der Waals surface area contributed by atoms with Gasteiger partial charge in [-0.1, -0.05) is 38.4 Å². The molecule has 4 amide bonds. The fraction of sp³-hybridized carbons (Fsp3) is 0.320. The van der Waals surface area contributed by atoms with Crippen molar-refractivity contribution < 1.29 is 22.2 Å². The highest BCUT2D eigenvalue weighted by molar-refractivity contribution is 7.85. The van der Waals surface area contributed by atoms with Crippen molar-refractivity contribution in [1.82, 2.24) is 19.4 Å². The number of urea groups is 2. The fourth-order valence-electron chi connectivity index (χ4n) is 3.75. The van der Waals surface area contributed by atoms with Crippen LogP contribution in [0.15, 0.2) is 54.6 Å². The molecule has 4 rings (SSSR count). The topological polar surface area (TPSA) is 135 Å². The molecule has 0 radical (unpaired) electrons. The number of rotatable bonds is 6. The lowest BCUT2D eigenvalue weighted by Crippen LogP contribution is -2.42. The number of nitrogens with one attached hydrogen (secondary N) is 3. The summed E-state index contributed by atoms with van der Waals surface area (Å²) in [6, 6.07) is 13.3. The minimum Gasteiger partial charge on any atom is -0.367 e. The molecule has 0 bridgehead atoms. The summed E-state index contributed by atoms with van der Waals surface area (Å²) < 4.78 is 33.5. The number of halogens is 1. The van der Waals surface area contributed by atoms with Crippen molar-refractivity contribution in [2.24, 2.45) is 0 Å². The molecular formula is C25H29ClN6O5S. The molecule has 1 saturated heterocycles. The van der Waals surface area contributed by atoms with Crippen molar-refractivity contribution in [3.05, 3.63) is 65.3 Å². The number of nitrogens with zero attached hydrogens (tertiary/aromatic N) is 3. The molecule has 202 valence electrons. The third-order valence-electron chi connectivity index (χ3n) is 5.70. The average molecular weight is 561 g/mol. The maximum absolute atomic E-state index is 12.7. The third-order valence-corrected chi connectivity index (χ3v) is 6.78. The van der Waals surface area contributed by atoms with Crippen LogP contribution in [-0.4, -0.2) is 48.2 Å². The minimum absolute atomic E-state index is 0.0337. The van der Waals surface area contributed by atoms with Crippen LogP contribution in [-0.2, 0) is 15.7 Å². The molecule has 1 aromatic heterocycles. The smallest absolute Gasteiger partial charge is 0.367 e. The quantitative estimate of drug-likeness (QED) is 0.392. The molecule has 13 heteroatoms. The number of aromatic nitrogens is 2. The van der Waals surface area contributed by atoms with Gasteiger partial charge in [0.25, 0.3) is 0 Å². The van der Waals surface area contributed by atoms with E-state index in [1.165, 1.54) is 21.7 Å². The Kier molecular flexibility index (Phi) is 7.83. The highest BCUT2D eigenvalue weighted by atomic mass is 35.5. The predicted molar refractivity (Wildman–Crippen MR) is 145 cm³/mol. The molecule has 0 aliphatic carbocycles. The summed E-state index contributed by atoms with van der Waals surface area (Å²) in [4.78, 5) is 26.4. The van der Waals surface area contributed by atoms with Gasteiger partial charge >= 0.3 is 22.4 Å². The number of hydrogen-bond donors (Lipinski definition) is 3. The molecule has 1 aliphatic rings. The Morgan fingerprint density at radius 2 is 1.68 bits per heavy atom. The summed E-state index contributed by atoms with van der Waals surface area (Å²) >= 11 is 5.91. The molecule has 2 aromatic carbocycles. The largest absolute Gasteiger partial charge is 0.411 e. The molecule has 38 heavy (non-hydrogen) atoms. The predicted octanol–water partition coefficient (Wildman–Crippen LogP) is 4.90. The highest BCUT2D eigenvalue weighted by Crippen LogP contribution is 2.28. The van der Waals surface area contributed by atoms with Crippen molar-refractivity contribution in [3.8, 4) is 11.4 Å². The van der Waals surface area contributed by atoms with E-state index in [-0.39, 0.29) is 11.2 Å². The Labute approximate surface area is 226 Å². The van der Waals surface area contributed by atoms with Gasteiger partial charge in [-0.15, -0.1) is 0 Å². The van der Waals surface area contributed by atoms with E-state index in [2.05, 4.69) is 15.7 Å². The third kappa shape index (κ3) is 6.95. The van der Waals surface area contributed by atoms with E-state index in [9.17, 15) is 18.0 Å². The lowest BCUT2D eigenvalue weighted by atomic mass is 9.92. The zero-order valence-electron chi connectivity index (χ0n) is 21.2. The van der Waals surface area contributed by atoms with Crippen LogP contribution in [0.1, 0.15) is 39.3 Å². The lowest BCUT2D eigenvalue weighted by molar-refractivity contribution is 0.214. The van der Waals surface area contributed by atoms with Gasteiger partial charge < -0.3 is 14.4 Å². The monoisotopic (exact) mass is 560 g/mol. The Morgan fingerprint density at radius 3 is 2.34 bits per heavy atom. The van der Waals surface area contributed by atoms with Crippen LogP contribution in [0.2, 0.25) is 5.02 Å².